The van der Waals surface area contributed by atoms with Crippen molar-refractivity contribution in [1.29, 1.82) is 0 Å². The molecule has 88 valence electrons. The molecule has 3 nitrogen and oxygen atoms in total. The van der Waals surface area contributed by atoms with Gasteiger partial charge in [0.05, 0.1) is 0 Å². The van der Waals surface area contributed by atoms with Crippen LogP contribution >= 0.6 is 0 Å². The van der Waals surface area contributed by atoms with Crippen molar-refractivity contribution in [3.63, 3.8) is 0 Å². The predicted molar refractivity (Wildman–Crippen MR) is 59.5 cm³/mol. The number of esters is 1. The molecule has 0 amide bonds. The topological polar surface area (TPSA) is 43.4 Å². The predicted octanol–water partition coefficient (Wildman–Crippen LogP) is 2.72. The van der Waals surface area contributed by atoms with E-state index < -0.39 is 5.60 Å². The van der Waals surface area contributed by atoms with E-state index in [1.165, 1.54) is 0 Å². The van der Waals surface area contributed by atoms with Crippen molar-refractivity contribution in [3.05, 3.63) is 0 Å². The molecule has 0 saturated carbocycles. The summed E-state index contributed by atoms with van der Waals surface area (Å²) in [5.74, 6) is 0.0428. The summed E-state index contributed by atoms with van der Waals surface area (Å²) in [5, 5.41) is 0. The average molecular weight is 214 g/mol. The zero-order chi connectivity index (χ0) is 12.1. The van der Waals surface area contributed by atoms with Gasteiger partial charge in [-0.25, -0.2) is 0 Å². The van der Waals surface area contributed by atoms with Gasteiger partial charge in [-0.2, -0.15) is 0 Å². The Morgan fingerprint density at radius 3 is 2.07 bits per heavy atom. The number of hydrogen-bond donors (Lipinski definition) is 0. The first kappa shape index (κ1) is 14.1. The van der Waals surface area contributed by atoms with E-state index in [0.717, 1.165) is 0 Å². The molecule has 0 bridgehead atoms. The fourth-order valence-corrected chi connectivity index (χ4v) is 1.09. The van der Waals surface area contributed by atoms with E-state index >= 15 is 0 Å². The van der Waals surface area contributed by atoms with Crippen LogP contribution in [-0.2, 0) is 14.3 Å². The van der Waals surface area contributed by atoms with Gasteiger partial charge in [0.1, 0.15) is 11.4 Å². The third kappa shape index (κ3) is 8.16. The molecule has 0 heterocycles. The van der Waals surface area contributed by atoms with E-state index in [9.17, 15) is 9.59 Å². The molecule has 0 radical (unpaired) electrons. The smallest absolute Gasteiger partial charge is 0.306 e. The molecule has 0 aliphatic heterocycles. The molecule has 0 saturated heterocycles. The van der Waals surface area contributed by atoms with Gasteiger partial charge >= 0.3 is 5.97 Å². The first-order valence-corrected chi connectivity index (χ1v) is 5.47. The van der Waals surface area contributed by atoms with E-state index in [1.54, 1.807) is 0 Å². The second kappa shape index (κ2) is 5.89. The average Bonchev–Trinajstić information content (AvgIpc) is 2.00. The van der Waals surface area contributed by atoms with Crippen molar-refractivity contribution in [2.24, 2.45) is 5.92 Å². The first-order valence-electron chi connectivity index (χ1n) is 5.47. The molecule has 0 spiro atoms. The Morgan fingerprint density at radius 2 is 1.67 bits per heavy atom. The van der Waals surface area contributed by atoms with Crippen molar-refractivity contribution < 1.29 is 14.3 Å². The van der Waals surface area contributed by atoms with Crippen LogP contribution in [0.15, 0.2) is 0 Å². The zero-order valence-electron chi connectivity index (χ0n) is 10.4. The summed E-state index contributed by atoms with van der Waals surface area (Å²) >= 11 is 0. The van der Waals surface area contributed by atoms with E-state index in [2.05, 4.69) is 0 Å². The SMILES string of the molecule is CC(C)C(=O)CCCC(=O)OC(C)(C)C. The maximum absolute atomic E-state index is 11.3. The van der Waals surface area contributed by atoms with Gasteiger partial charge in [0.2, 0.25) is 0 Å². The molecule has 0 fully saturated rings. The second-order valence-corrected chi connectivity index (χ2v) is 5.06. The lowest BCUT2D eigenvalue weighted by molar-refractivity contribution is -0.154. The van der Waals surface area contributed by atoms with Crippen molar-refractivity contribution in [2.45, 2.75) is 59.5 Å². The molecule has 3 heteroatoms. The van der Waals surface area contributed by atoms with Crippen molar-refractivity contribution >= 4 is 11.8 Å². The monoisotopic (exact) mass is 214 g/mol. The fourth-order valence-electron chi connectivity index (χ4n) is 1.09. The highest BCUT2D eigenvalue weighted by molar-refractivity contribution is 5.80. The van der Waals surface area contributed by atoms with Crippen molar-refractivity contribution in [1.82, 2.24) is 0 Å². The number of rotatable bonds is 5. The van der Waals surface area contributed by atoms with E-state index in [0.29, 0.717) is 19.3 Å². The number of ether oxygens (including phenoxy) is 1. The summed E-state index contributed by atoms with van der Waals surface area (Å²) in [7, 11) is 0. The standard InChI is InChI=1S/C12H22O3/c1-9(2)10(13)7-6-8-11(14)15-12(3,4)5/h9H,6-8H2,1-5H3. The summed E-state index contributed by atoms with van der Waals surface area (Å²) in [6, 6.07) is 0. The maximum Gasteiger partial charge on any atom is 0.306 e. The largest absolute Gasteiger partial charge is 0.460 e. The Kier molecular flexibility index (Phi) is 5.55. The van der Waals surface area contributed by atoms with E-state index in [-0.39, 0.29) is 17.7 Å². The van der Waals surface area contributed by atoms with Gasteiger partial charge in [0, 0.05) is 18.8 Å². The molecule has 0 aromatic heterocycles. The van der Waals surface area contributed by atoms with Crippen LogP contribution in [0.4, 0.5) is 0 Å². The van der Waals surface area contributed by atoms with E-state index in [4.69, 9.17) is 4.74 Å². The van der Waals surface area contributed by atoms with Crippen LogP contribution in [0.2, 0.25) is 0 Å². The Balaban J connectivity index is 3.70. The molecule has 0 unspecified atom stereocenters. The lowest BCUT2D eigenvalue weighted by Gasteiger charge is -2.19. The molecule has 0 aromatic rings. The summed E-state index contributed by atoms with van der Waals surface area (Å²) in [4.78, 5) is 22.5. The Bertz CT molecular complexity index is 224. The van der Waals surface area contributed by atoms with Gasteiger partial charge in [-0.15, -0.1) is 0 Å². The highest BCUT2D eigenvalue weighted by atomic mass is 16.6. The molecule has 0 rings (SSSR count). The van der Waals surface area contributed by atoms with Gasteiger partial charge < -0.3 is 4.74 Å². The fraction of sp³-hybridized carbons (Fsp3) is 0.833. The number of ketones is 1. The Morgan fingerprint density at radius 1 is 1.13 bits per heavy atom. The number of Topliss-reactive ketones (excluding diaryl/α,β-unsaturated/α-hetero) is 1. The second-order valence-electron chi connectivity index (χ2n) is 5.06. The number of carbonyl (C=O) groups excluding carboxylic acids is 2. The van der Waals surface area contributed by atoms with Crippen molar-refractivity contribution in [3.8, 4) is 0 Å². The van der Waals surface area contributed by atoms with E-state index in [1.807, 2.05) is 34.6 Å². The summed E-state index contributed by atoms with van der Waals surface area (Å²) in [5.41, 5.74) is -0.431. The van der Waals surface area contributed by atoms with Crippen LogP contribution in [0.3, 0.4) is 0 Å². The highest BCUT2D eigenvalue weighted by Crippen LogP contribution is 2.11. The summed E-state index contributed by atoms with van der Waals surface area (Å²) in [6.45, 7) is 9.25. The molecule has 15 heavy (non-hydrogen) atoms. The molecule has 0 aliphatic carbocycles. The van der Waals surface area contributed by atoms with Crippen LogP contribution in [0.5, 0.6) is 0 Å². The quantitative estimate of drug-likeness (QED) is 0.661. The van der Waals surface area contributed by atoms with Crippen LogP contribution in [-0.4, -0.2) is 17.4 Å². The van der Waals surface area contributed by atoms with Gasteiger partial charge in [-0.3, -0.25) is 9.59 Å². The third-order valence-electron chi connectivity index (χ3n) is 1.87. The van der Waals surface area contributed by atoms with Crippen LogP contribution in [0, 0.1) is 5.92 Å². The first-order chi connectivity index (χ1) is 6.72. The highest BCUT2D eigenvalue weighted by Gasteiger charge is 2.16. The molecule has 0 atom stereocenters. The number of carbonyl (C=O) groups is 2. The maximum atomic E-state index is 11.3. The van der Waals surface area contributed by atoms with Crippen LogP contribution < -0.4 is 0 Å². The lowest BCUT2D eigenvalue weighted by atomic mass is 10.0. The number of hydrogen-bond acceptors (Lipinski definition) is 3. The Hall–Kier alpha value is -0.860. The summed E-state index contributed by atoms with van der Waals surface area (Å²) in [6.07, 6.45) is 1.39. The molecule has 0 N–H and O–H groups in total. The Labute approximate surface area is 92.2 Å². The lowest BCUT2D eigenvalue weighted by Crippen LogP contribution is -2.23. The third-order valence-corrected chi connectivity index (χ3v) is 1.87. The molecule has 0 aromatic carbocycles. The zero-order valence-corrected chi connectivity index (χ0v) is 10.4. The van der Waals surface area contributed by atoms with Crippen molar-refractivity contribution in [2.75, 3.05) is 0 Å². The minimum Gasteiger partial charge on any atom is -0.460 e. The van der Waals surface area contributed by atoms with Gasteiger partial charge in [-0.05, 0) is 27.2 Å². The molecule has 0 aliphatic rings. The van der Waals surface area contributed by atoms with Gasteiger partial charge in [0.25, 0.3) is 0 Å². The van der Waals surface area contributed by atoms with Gasteiger partial charge in [-0.1, -0.05) is 13.8 Å². The normalized spacial score (nSPS) is 11.6. The molecular formula is C12H22O3. The minimum absolute atomic E-state index is 0.0589. The van der Waals surface area contributed by atoms with Crippen LogP contribution in [0.1, 0.15) is 53.9 Å². The van der Waals surface area contributed by atoms with Gasteiger partial charge in [0.15, 0.2) is 0 Å². The summed E-state index contributed by atoms with van der Waals surface area (Å²) < 4.78 is 5.13. The molecular weight excluding hydrogens is 192 g/mol. The van der Waals surface area contributed by atoms with Crippen LogP contribution in [0.25, 0.3) is 0 Å². The minimum atomic E-state index is -0.431.